The van der Waals surface area contributed by atoms with Gasteiger partial charge in [0, 0.05) is 5.56 Å². The second-order valence-corrected chi connectivity index (χ2v) is 7.63. The third-order valence-electron chi connectivity index (χ3n) is 3.65. The van der Waals surface area contributed by atoms with Crippen molar-refractivity contribution < 1.29 is 14.3 Å². The molecule has 1 saturated heterocycles. The lowest BCUT2D eigenvalue weighted by molar-refractivity contribution is -0.115. The molecular weight excluding hydrogens is 366 g/mol. The summed E-state index contributed by atoms with van der Waals surface area (Å²) in [6.45, 7) is 4.93. The van der Waals surface area contributed by atoms with E-state index in [-0.39, 0.29) is 5.91 Å². The molecule has 0 aromatic heterocycles. The number of hydrogen-bond donors (Lipinski definition) is 1. The Kier molecular flexibility index (Phi) is 5.96. The Hall–Kier alpha value is -2.31. The lowest BCUT2D eigenvalue weighted by atomic mass is 10.1. The minimum absolute atomic E-state index is 0.173. The number of nitrogens with one attached hydrogen (secondary N) is 1. The monoisotopic (exact) mass is 385 g/mol. The number of ether oxygens (including phenoxy) is 2. The van der Waals surface area contributed by atoms with E-state index in [1.807, 2.05) is 50.2 Å². The lowest BCUT2D eigenvalue weighted by Crippen LogP contribution is -2.17. The Bertz CT molecular complexity index is 857. The van der Waals surface area contributed by atoms with Crippen molar-refractivity contribution in [2.24, 2.45) is 0 Å². The zero-order valence-corrected chi connectivity index (χ0v) is 16.2. The highest BCUT2D eigenvalue weighted by Crippen LogP contribution is 2.29. The molecule has 134 valence electrons. The number of amides is 1. The largest absolute Gasteiger partial charge is 0.490 e. The molecule has 0 radical (unpaired) electrons. The van der Waals surface area contributed by atoms with Gasteiger partial charge in [-0.05, 0) is 49.2 Å². The van der Waals surface area contributed by atoms with Gasteiger partial charge in [0.15, 0.2) is 0 Å². The number of thioether (sulfide) groups is 1. The average molecular weight is 386 g/mol. The normalized spacial score (nSPS) is 15.2. The highest BCUT2D eigenvalue weighted by Gasteiger charge is 2.22. The lowest BCUT2D eigenvalue weighted by Gasteiger charge is -2.11. The van der Waals surface area contributed by atoms with Gasteiger partial charge in [0.25, 0.3) is 5.91 Å². The maximum absolute atomic E-state index is 11.8. The second-order valence-electron chi connectivity index (χ2n) is 5.91. The van der Waals surface area contributed by atoms with E-state index in [4.69, 9.17) is 21.7 Å². The molecule has 3 rings (SSSR count). The van der Waals surface area contributed by atoms with E-state index in [1.54, 1.807) is 6.08 Å². The number of thiocarbonyl (C=S) groups is 1. The Morgan fingerprint density at radius 2 is 1.77 bits per heavy atom. The number of hydrogen-bond acceptors (Lipinski definition) is 5. The number of carbonyl (C=O) groups is 1. The van der Waals surface area contributed by atoms with Crippen molar-refractivity contribution in [3.05, 3.63) is 64.1 Å². The van der Waals surface area contributed by atoms with Gasteiger partial charge in [0.2, 0.25) is 0 Å². The van der Waals surface area contributed by atoms with E-state index in [9.17, 15) is 4.79 Å². The van der Waals surface area contributed by atoms with E-state index in [0.717, 1.165) is 11.3 Å². The fraction of sp³-hybridized carbons (Fsp3) is 0.200. The SMILES string of the molecule is Cc1cc(C)cc(OCCOc2ccccc2/C=C2/SC(=S)NC2=O)c1. The Labute approximate surface area is 162 Å². The molecule has 2 aromatic rings. The fourth-order valence-electron chi connectivity index (χ4n) is 2.62. The summed E-state index contributed by atoms with van der Waals surface area (Å²) in [6.07, 6.45) is 1.79. The molecule has 2 aromatic carbocycles. The zero-order chi connectivity index (χ0) is 18.5. The van der Waals surface area contributed by atoms with Gasteiger partial charge in [0.1, 0.15) is 29.0 Å². The predicted octanol–water partition coefficient (Wildman–Crippen LogP) is 4.25. The molecule has 4 nitrogen and oxygen atoms in total. The maximum Gasteiger partial charge on any atom is 0.263 e. The molecule has 0 bridgehead atoms. The van der Waals surface area contributed by atoms with E-state index in [2.05, 4.69) is 11.4 Å². The summed E-state index contributed by atoms with van der Waals surface area (Å²) in [6, 6.07) is 13.7. The third-order valence-corrected chi connectivity index (χ3v) is 4.82. The van der Waals surface area contributed by atoms with E-state index >= 15 is 0 Å². The van der Waals surface area contributed by atoms with Crippen molar-refractivity contribution in [1.82, 2.24) is 5.32 Å². The molecule has 0 saturated carbocycles. The van der Waals surface area contributed by atoms with Crippen LogP contribution in [0.25, 0.3) is 6.08 Å². The molecule has 1 amide bonds. The van der Waals surface area contributed by atoms with E-state index < -0.39 is 0 Å². The third kappa shape index (κ3) is 4.86. The van der Waals surface area contributed by atoms with Crippen molar-refractivity contribution in [2.45, 2.75) is 13.8 Å². The molecule has 1 aliphatic rings. The molecule has 1 aliphatic heterocycles. The van der Waals surface area contributed by atoms with Crippen LogP contribution >= 0.6 is 24.0 Å². The first-order valence-electron chi connectivity index (χ1n) is 8.19. The minimum atomic E-state index is -0.173. The summed E-state index contributed by atoms with van der Waals surface area (Å²) in [4.78, 5) is 12.4. The molecule has 1 heterocycles. The first-order chi connectivity index (χ1) is 12.5. The summed E-state index contributed by atoms with van der Waals surface area (Å²) in [5.74, 6) is 1.37. The van der Waals surface area contributed by atoms with Crippen LogP contribution in [0.5, 0.6) is 11.5 Å². The zero-order valence-electron chi connectivity index (χ0n) is 14.6. The van der Waals surface area contributed by atoms with Crippen LogP contribution in [-0.2, 0) is 4.79 Å². The second kappa shape index (κ2) is 8.38. The van der Waals surface area contributed by atoms with Crippen LogP contribution in [0.2, 0.25) is 0 Å². The standard InChI is InChI=1S/C20H19NO3S2/c1-13-9-14(2)11-16(10-13)23-7-8-24-17-6-4-3-5-15(17)12-18-19(22)21-20(25)26-18/h3-6,9-12H,7-8H2,1-2H3,(H,21,22,25)/b18-12+. The van der Waals surface area contributed by atoms with Gasteiger partial charge in [0.05, 0.1) is 4.91 Å². The number of aryl methyl sites for hydroxylation is 2. The average Bonchev–Trinajstić information content (AvgIpc) is 2.89. The summed E-state index contributed by atoms with van der Waals surface area (Å²) >= 11 is 6.27. The van der Waals surface area contributed by atoms with Crippen LogP contribution < -0.4 is 14.8 Å². The molecule has 1 fully saturated rings. The predicted molar refractivity (Wildman–Crippen MR) is 110 cm³/mol. The highest BCUT2D eigenvalue weighted by molar-refractivity contribution is 8.26. The first kappa shape index (κ1) is 18.5. The van der Waals surface area contributed by atoms with Crippen molar-refractivity contribution in [3.8, 4) is 11.5 Å². The van der Waals surface area contributed by atoms with E-state index in [0.29, 0.717) is 28.2 Å². The van der Waals surface area contributed by atoms with Crippen molar-refractivity contribution >= 4 is 40.3 Å². The molecule has 1 N–H and O–H groups in total. The topological polar surface area (TPSA) is 47.6 Å². The van der Waals surface area contributed by atoms with Crippen LogP contribution in [0.4, 0.5) is 0 Å². The molecular formula is C20H19NO3S2. The van der Waals surface area contributed by atoms with Gasteiger partial charge in [-0.25, -0.2) is 0 Å². The Morgan fingerprint density at radius 1 is 1.08 bits per heavy atom. The minimum Gasteiger partial charge on any atom is -0.490 e. The molecule has 6 heteroatoms. The Morgan fingerprint density at radius 3 is 2.46 bits per heavy atom. The van der Waals surface area contributed by atoms with Crippen LogP contribution in [0.1, 0.15) is 16.7 Å². The molecule has 0 unspecified atom stereocenters. The van der Waals surface area contributed by atoms with Crippen molar-refractivity contribution in [3.63, 3.8) is 0 Å². The Balaban J connectivity index is 1.61. The van der Waals surface area contributed by atoms with Crippen molar-refractivity contribution in [2.75, 3.05) is 13.2 Å². The number of rotatable bonds is 6. The molecule has 26 heavy (non-hydrogen) atoms. The van der Waals surface area contributed by atoms with Crippen LogP contribution in [0, 0.1) is 13.8 Å². The highest BCUT2D eigenvalue weighted by atomic mass is 32.2. The summed E-state index contributed by atoms with van der Waals surface area (Å²) < 4.78 is 12.1. The number of para-hydroxylation sites is 1. The van der Waals surface area contributed by atoms with Gasteiger partial charge in [-0.15, -0.1) is 0 Å². The summed E-state index contributed by atoms with van der Waals surface area (Å²) in [5.41, 5.74) is 3.17. The summed E-state index contributed by atoms with van der Waals surface area (Å²) in [5, 5.41) is 2.61. The fourth-order valence-corrected chi connectivity index (χ4v) is 3.66. The quantitative estimate of drug-likeness (QED) is 0.458. The molecule has 0 atom stereocenters. The van der Waals surface area contributed by atoms with Gasteiger partial charge in [-0.2, -0.15) is 0 Å². The van der Waals surface area contributed by atoms with Gasteiger partial charge < -0.3 is 14.8 Å². The van der Waals surface area contributed by atoms with E-state index in [1.165, 1.54) is 22.9 Å². The smallest absolute Gasteiger partial charge is 0.263 e. The molecule has 0 spiro atoms. The van der Waals surface area contributed by atoms with Crippen molar-refractivity contribution in [1.29, 1.82) is 0 Å². The number of carbonyl (C=O) groups excluding carboxylic acids is 1. The van der Waals surface area contributed by atoms with Gasteiger partial charge >= 0.3 is 0 Å². The van der Waals surface area contributed by atoms with Crippen LogP contribution in [0.15, 0.2) is 47.4 Å². The van der Waals surface area contributed by atoms with Crippen LogP contribution in [-0.4, -0.2) is 23.4 Å². The maximum atomic E-state index is 11.8. The first-order valence-corrected chi connectivity index (χ1v) is 9.41. The summed E-state index contributed by atoms with van der Waals surface area (Å²) in [7, 11) is 0. The van der Waals surface area contributed by atoms with Gasteiger partial charge in [-0.1, -0.05) is 48.2 Å². The number of benzene rings is 2. The van der Waals surface area contributed by atoms with Crippen LogP contribution in [0.3, 0.4) is 0 Å². The molecule has 0 aliphatic carbocycles. The van der Waals surface area contributed by atoms with Gasteiger partial charge in [-0.3, -0.25) is 4.79 Å².